The van der Waals surface area contributed by atoms with Gasteiger partial charge in [-0.15, -0.1) is 0 Å². The highest BCUT2D eigenvalue weighted by molar-refractivity contribution is 5.97. The minimum absolute atomic E-state index is 0.0883. The van der Waals surface area contributed by atoms with E-state index in [1.165, 1.54) is 4.90 Å². The summed E-state index contributed by atoms with van der Waals surface area (Å²) in [4.78, 5) is 29.6. The van der Waals surface area contributed by atoms with E-state index in [1.54, 1.807) is 0 Å². The molecule has 8 nitrogen and oxygen atoms in total. The van der Waals surface area contributed by atoms with Crippen LogP contribution in [0.25, 0.3) is 0 Å². The number of nitrogens with zero attached hydrogens (tertiary/aromatic N) is 3. The van der Waals surface area contributed by atoms with E-state index in [2.05, 4.69) is 20.8 Å². The predicted octanol–water partition coefficient (Wildman–Crippen LogP) is 1.39. The van der Waals surface area contributed by atoms with Gasteiger partial charge in [-0.1, -0.05) is 19.0 Å². The molecule has 1 aromatic heterocycles. The van der Waals surface area contributed by atoms with Crippen molar-refractivity contribution in [1.29, 1.82) is 0 Å². The summed E-state index contributed by atoms with van der Waals surface area (Å²) in [6, 6.07) is 0. The molecule has 1 aliphatic heterocycles. The highest BCUT2D eigenvalue weighted by atomic mass is 16.5. The third kappa shape index (κ3) is 5.06. The molecule has 0 radical (unpaired) electrons. The molecule has 0 unspecified atom stereocenters. The molecule has 0 aromatic carbocycles. The van der Waals surface area contributed by atoms with E-state index in [0.717, 1.165) is 36.4 Å². The minimum Gasteiger partial charge on any atom is -0.361 e. The molecule has 2 amide bonds. The summed E-state index contributed by atoms with van der Waals surface area (Å²) in [6.45, 7) is 8.09. The van der Waals surface area contributed by atoms with Gasteiger partial charge in [-0.25, -0.2) is 4.99 Å². The van der Waals surface area contributed by atoms with E-state index in [0.29, 0.717) is 44.9 Å². The van der Waals surface area contributed by atoms with Crippen LogP contribution in [0, 0.1) is 0 Å². The average molecular weight is 363 g/mol. The fourth-order valence-corrected chi connectivity index (χ4v) is 2.95. The van der Waals surface area contributed by atoms with Crippen molar-refractivity contribution >= 4 is 17.8 Å². The smallest absolute Gasteiger partial charge is 0.229 e. The van der Waals surface area contributed by atoms with Crippen LogP contribution >= 0.6 is 0 Å². The molecule has 2 N–H and O–H groups in total. The maximum absolute atomic E-state index is 11.8. The molecule has 0 aliphatic carbocycles. The van der Waals surface area contributed by atoms with Crippen molar-refractivity contribution in [2.24, 2.45) is 4.99 Å². The lowest BCUT2D eigenvalue weighted by Crippen LogP contribution is -2.46. The van der Waals surface area contributed by atoms with Gasteiger partial charge in [0.2, 0.25) is 11.8 Å². The van der Waals surface area contributed by atoms with Gasteiger partial charge in [0, 0.05) is 44.5 Å². The number of rotatable bonds is 8. The molecule has 1 saturated heterocycles. The quantitative estimate of drug-likeness (QED) is 0.411. The molecule has 0 saturated carbocycles. The topological polar surface area (TPSA) is 99.8 Å². The summed E-state index contributed by atoms with van der Waals surface area (Å²) in [6.07, 6.45) is 3.14. The normalized spacial score (nSPS) is 15.5. The lowest BCUT2D eigenvalue weighted by molar-refractivity contribution is -0.147. The fraction of sp³-hybridized carbons (Fsp3) is 0.667. The Morgan fingerprint density at radius 3 is 2.50 bits per heavy atom. The van der Waals surface area contributed by atoms with Gasteiger partial charge in [-0.2, -0.15) is 0 Å². The van der Waals surface area contributed by atoms with Crippen LogP contribution in [0.15, 0.2) is 9.52 Å². The summed E-state index contributed by atoms with van der Waals surface area (Å²) < 4.78 is 5.37. The van der Waals surface area contributed by atoms with Gasteiger partial charge >= 0.3 is 0 Å². The summed E-state index contributed by atoms with van der Waals surface area (Å²) in [5.41, 5.74) is 1.97. The first-order chi connectivity index (χ1) is 12.6. The van der Waals surface area contributed by atoms with Gasteiger partial charge in [0.25, 0.3) is 0 Å². The Morgan fingerprint density at radius 2 is 1.88 bits per heavy atom. The number of carbonyl (C=O) groups is 2. The van der Waals surface area contributed by atoms with Crippen LogP contribution in [0.2, 0.25) is 0 Å². The number of carbonyl (C=O) groups excluding carboxylic acids is 2. The van der Waals surface area contributed by atoms with Crippen LogP contribution in [-0.4, -0.2) is 47.5 Å². The molecule has 2 heterocycles. The van der Waals surface area contributed by atoms with Gasteiger partial charge in [0.15, 0.2) is 5.96 Å². The van der Waals surface area contributed by atoms with Crippen LogP contribution in [-0.2, 0) is 29.0 Å². The Labute approximate surface area is 154 Å². The van der Waals surface area contributed by atoms with Crippen LogP contribution in [0.1, 0.15) is 57.1 Å². The number of amides is 2. The van der Waals surface area contributed by atoms with Crippen molar-refractivity contribution in [3.8, 4) is 0 Å². The van der Waals surface area contributed by atoms with Crippen LogP contribution in [0.5, 0.6) is 0 Å². The number of piperidine rings is 1. The highest BCUT2D eigenvalue weighted by Crippen LogP contribution is 2.16. The summed E-state index contributed by atoms with van der Waals surface area (Å²) >= 11 is 0. The largest absolute Gasteiger partial charge is 0.361 e. The first kappa shape index (κ1) is 19.9. The van der Waals surface area contributed by atoms with Crippen molar-refractivity contribution < 1.29 is 14.1 Å². The van der Waals surface area contributed by atoms with Crippen molar-refractivity contribution in [2.75, 3.05) is 19.6 Å². The molecule has 2 rings (SSSR count). The number of hydrogen-bond donors (Lipinski definition) is 2. The van der Waals surface area contributed by atoms with Crippen molar-refractivity contribution in [3.05, 3.63) is 17.0 Å². The summed E-state index contributed by atoms with van der Waals surface area (Å²) in [5, 5.41) is 10.5. The zero-order chi connectivity index (χ0) is 18.9. The molecule has 0 spiro atoms. The monoisotopic (exact) mass is 363 g/mol. The number of aryl methyl sites for hydroxylation is 2. The predicted molar refractivity (Wildman–Crippen MR) is 98.6 cm³/mol. The van der Waals surface area contributed by atoms with Gasteiger partial charge in [-0.05, 0) is 19.8 Å². The Balaban J connectivity index is 1.95. The number of likely N-dealkylation sites (tertiary alicyclic amines) is 1. The lowest BCUT2D eigenvalue weighted by Gasteiger charge is -2.25. The van der Waals surface area contributed by atoms with E-state index in [-0.39, 0.29) is 11.8 Å². The highest BCUT2D eigenvalue weighted by Gasteiger charge is 2.25. The van der Waals surface area contributed by atoms with E-state index < -0.39 is 0 Å². The third-order valence-electron chi connectivity index (χ3n) is 4.36. The number of imide groups is 1. The summed E-state index contributed by atoms with van der Waals surface area (Å²) in [5.74, 6) is 1.34. The Morgan fingerprint density at radius 1 is 1.15 bits per heavy atom. The van der Waals surface area contributed by atoms with Gasteiger partial charge in [0.05, 0.1) is 12.2 Å². The molecule has 0 atom stereocenters. The van der Waals surface area contributed by atoms with E-state index >= 15 is 0 Å². The van der Waals surface area contributed by atoms with Crippen LogP contribution in [0.3, 0.4) is 0 Å². The Kier molecular flexibility index (Phi) is 7.62. The van der Waals surface area contributed by atoms with E-state index in [9.17, 15) is 9.59 Å². The number of hydrogen-bond acceptors (Lipinski definition) is 5. The lowest BCUT2D eigenvalue weighted by atomic mass is 10.1. The maximum Gasteiger partial charge on any atom is 0.229 e. The first-order valence-corrected chi connectivity index (χ1v) is 9.42. The molecule has 1 aromatic rings. The molecule has 1 aliphatic rings. The molecular weight excluding hydrogens is 334 g/mol. The molecule has 8 heteroatoms. The molecule has 26 heavy (non-hydrogen) atoms. The average Bonchev–Trinajstić information content (AvgIpc) is 3.04. The minimum atomic E-state index is -0.0883. The molecule has 144 valence electrons. The molecule has 1 fully saturated rings. The van der Waals surface area contributed by atoms with Crippen molar-refractivity contribution in [3.63, 3.8) is 0 Å². The van der Waals surface area contributed by atoms with E-state index in [1.807, 2.05) is 20.8 Å². The fourth-order valence-electron chi connectivity index (χ4n) is 2.95. The summed E-state index contributed by atoms with van der Waals surface area (Å²) in [7, 11) is 0. The molecule has 0 bridgehead atoms. The number of guanidine groups is 1. The Bertz CT molecular complexity index is 616. The van der Waals surface area contributed by atoms with Gasteiger partial charge in [0.1, 0.15) is 5.76 Å². The van der Waals surface area contributed by atoms with Crippen molar-refractivity contribution in [1.82, 2.24) is 20.7 Å². The maximum atomic E-state index is 11.8. The zero-order valence-electron chi connectivity index (χ0n) is 15.9. The number of aliphatic imine (C=N–C) groups is 1. The Hall–Kier alpha value is -2.38. The van der Waals surface area contributed by atoms with Crippen LogP contribution < -0.4 is 10.6 Å². The second kappa shape index (κ2) is 9.94. The van der Waals surface area contributed by atoms with Crippen LogP contribution in [0.4, 0.5) is 0 Å². The van der Waals surface area contributed by atoms with Gasteiger partial charge in [-0.3, -0.25) is 14.5 Å². The number of aromatic nitrogens is 1. The van der Waals surface area contributed by atoms with Crippen molar-refractivity contribution in [2.45, 2.75) is 59.4 Å². The SMILES string of the molecule is CCNC(=NCc1c(CC)noc1CC)NCCN1C(=O)CCCC1=O. The third-order valence-corrected chi connectivity index (χ3v) is 4.36. The standard InChI is InChI=1S/C18H29N5O3/c1-4-14-13(15(5-2)26-22-14)12-21-18(19-6-3)20-10-11-23-16(24)8-7-9-17(23)25/h4-12H2,1-3H3,(H2,19,20,21). The molecular formula is C18H29N5O3. The van der Waals surface area contributed by atoms with Gasteiger partial charge < -0.3 is 15.2 Å². The number of nitrogens with one attached hydrogen (secondary N) is 2. The second-order valence-electron chi connectivity index (χ2n) is 6.15. The first-order valence-electron chi connectivity index (χ1n) is 9.42. The second-order valence-corrected chi connectivity index (χ2v) is 6.15. The zero-order valence-corrected chi connectivity index (χ0v) is 15.9. The van der Waals surface area contributed by atoms with E-state index in [4.69, 9.17) is 4.52 Å².